The number of aromatic nitrogens is 2. The number of hydrogen-bond donors (Lipinski definition) is 3. The first-order chi connectivity index (χ1) is 13.5. The van der Waals surface area contributed by atoms with Crippen LogP contribution in [0.4, 0.5) is 17.5 Å². The lowest BCUT2D eigenvalue weighted by molar-refractivity contribution is -0.385. The number of carbonyl (C=O) groups excluding carboxylic acids is 1. The molecule has 1 heterocycles. The topological polar surface area (TPSA) is 139 Å². The van der Waals surface area contributed by atoms with E-state index in [1.165, 1.54) is 13.1 Å². The monoisotopic (exact) mass is 385 g/mol. The normalized spacial score (nSPS) is 11.0. The zero-order chi connectivity index (χ0) is 20.4. The second-order valence-electron chi connectivity index (χ2n) is 5.48. The Hall–Kier alpha value is -3.79. The van der Waals surface area contributed by atoms with Gasteiger partial charge in [0.05, 0.1) is 18.1 Å². The number of rotatable bonds is 9. The van der Waals surface area contributed by atoms with Crippen LogP contribution in [0.1, 0.15) is 12.5 Å². The Labute approximate surface area is 160 Å². The molecule has 1 aromatic carbocycles. The maximum Gasteiger partial charge on any atom is 0.376 e. The molecular formula is C18H19N5O5. The lowest BCUT2D eigenvalue weighted by Crippen LogP contribution is -2.20. The number of anilines is 2. The molecule has 1 amide bonds. The summed E-state index contributed by atoms with van der Waals surface area (Å²) < 4.78 is 5.48. The lowest BCUT2D eigenvalue weighted by atomic mass is 10.2. The van der Waals surface area contributed by atoms with E-state index in [0.717, 1.165) is 5.56 Å². The first kappa shape index (κ1) is 20.5. The summed E-state index contributed by atoms with van der Waals surface area (Å²) in [5, 5.41) is 15.9. The minimum atomic E-state index is -0.982. The van der Waals surface area contributed by atoms with E-state index in [0.29, 0.717) is 13.2 Å². The Bertz CT molecular complexity index is 937. The number of ether oxygens (including phenoxy) is 1. The van der Waals surface area contributed by atoms with Crippen LogP contribution in [-0.4, -0.2) is 27.4 Å². The fraction of sp³-hybridized carbons (Fsp3) is 0.167. The molecule has 1 aromatic heterocycles. The molecule has 0 saturated heterocycles. The standard InChI is InChI=1S/C18H19N5O5/c1-13(24)20-18-21-16(15(23(26)27)17(25)22-18)19-10-6-3-7-11-28-12-14-8-4-2-5-9-14/h2-10H,11-12H2,1H3,(H3,19,20,21,22,24,25)/b7-3-,10-6+. The van der Waals surface area contributed by atoms with Crippen molar-refractivity contribution in [3.8, 4) is 0 Å². The van der Waals surface area contributed by atoms with Crippen molar-refractivity contribution in [3.05, 3.63) is 80.8 Å². The fourth-order valence-electron chi connectivity index (χ4n) is 2.10. The molecule has 0 aliphatic carbocycles. The summed E-state index contributed by atoms with van der Waals surface area (Å²) in [5.74, 6) is -0.955. The molecule has 2 aromatic rings. The highest BCUT2D eigenvalue weighted by Crippen LogP contribution is 2.17. The third kappa shape index (κ3) is 6.50. The van der Waals surface area contributed by atoms with Gasteiger partial charge >= 0.3 is 11.2 Å². The van der Waals surface area contributed by atoms with Crippen LogP contribution in [0.5, 0.6) is 0 Å². The van der Waals surface area contributed by atoms with Crippen LogP contribution in [0.2, 0.25) is 0 Å². The van der Waals surface area contributed by atoms with E-state index in [-0.39, 0.29) is 11.8 Å². The molecule has 0 aliphatic rings. The van der Waals surface area contributed by atoms with E-state index in [1.54, 1.807) is 18.2 Å². The number of benzene rings is 1. The molecule has 10 heteroatoms. The van der Waals surface area contributed by atoms with Gasteiger partial charge in [0.15, 0.2) is 0 Å². The van der Waals surface area contributed by atoms with Gasteiger partial charge in [-0.25, -0.2) is 0 Å². The maximum atomic E-state index is 11.8. The molecule has 0 fully saturated rings. The molecule has 0 aliphatic heterocycles. The van der Waals surface area contributed by atoms with Gasteiger partial charge < -0.3 is 10.1 Å². The van der Waals surface area contributed by atoms with Crippen LogP contribution >= 0.6 is 0 Å². The lowest BCUT2D eigenvalue weighted by Gasteiger charge is -2.04. The quantitative estimate of drug-likeness (QED) is 0.260. The van der Waals surface area contributed by atoms with Gasteiger partial charge in [-0.15, -0.1) is 0 Å². The number of allylic oxidation sites excluding steroid dienone is 2. The summed E-state index contributed by atoms with van der Waals surface area (Å²) in [4.78, 5) is 39.1. The van der Waals surface area contributed by atoms with Crippen molar-refractivity contribution in [2.75, 3.05) is 17.2 Å². The predicted molar refractivity (Wildman–Crippen MR) is 104 cm³/mol. The van der Waals surface area contributed by atoms with Crippen molar-refractivity contribution in [1.82, 2.24) is 9.97 Å². The summed E-state index contributed by atoms with van der Waals surface area (Å²) in [7, 11) is 0. The van der Waals surface area contributed by atoms with E-state index in [9.17, 15) is 19.7 Å². The Morgan fingerprint density at radius 3 is 2.75 bits per heavy atom. The van der Waals surface area contributed by atoms with Crippen LogP contribution in [0, 0.1) is 10.1 Å². The van der Waals surface area contributed by atoms with Gasteiger partial charge in [-0.1, -0.05) is 42.5 Å². The second-order valence-corrected chi connectivity index (χ2v) is 5.48. The van der Waals surface area contributed by atoms with E-state index >= 15 is 0 Å². The molecule has 146 valence electrons. The number of carbonyl (C=O) groups is 1. The molecule has 0 bridgehead atoms. The Morgan fingerprint density at radius 1 is 1.32 bits per heavy atom. The molecule has 0 unspecified atom stereocenters. The summed E-state index contributed by atoms with van der Waals surface area (Å²) in [6, 6.07) is 9.72. The van der Waals surface area contributed by atoms with Crippen molar-refractivity contribution in [2.45, 2.75) is 13.5 Å². The number of nitrogens with one attached hydrogen (secondary N) is 3. The fourth-order valence-corrected chi connectivity index (χ4v) is 2.10. The summed E-state index contributed by atoms with van der Waals surface area (Å²) in [6.45, 7) is 2.09. The van der Waals surface area contributed by atoms with Crippen LogP contribution in [-0.2, 0) is 16.1 Å². The van der Waals surface area contributed by atoms with Crippen LogP contribution in [0.25, 0.3) is 0 Å². The Kier molecular flexibility index (Phi) is 7.61. The predicted octanol–water partition coefficient (Wildman–Crippen LogP) is 2.34. The number of nitrogens with zero attached hydrogens (tertiary/aromatic N) is 2. The third-order valence-electron chi connectivity index (χ3n) is 3.26. The van der Waals surface area contributed by atoms with Gasteiger partial charge in [0, 0.05) is 13.1 Å². The minimum absolute atomic E-state index is 0.191. The van der Waals surface area contributed by atoms with E-state index < -0.39 is 22.1 Å². The molecule has 2 rings (SSSR count). The van der Waals surface area contributed by atoms with Crippen molar-refractivity contribution in [1.29, 1.82) is 0 Å². The van der Waals surface area contributed by atoms with Crippen molar-refractivity contribution < 1.29 is 14.5 Å². The largest absolute Gasteiger partial charge is 0.376 e. The number of nitro groups is 1. The van der Waals surface area contributed by atoms with E-state index in [1.807, 2.05) is 30.3 Å². The number of H-pyrrole nitrogens is 1. The van der Waals surface area contributed by atoms with Crippen molar-refractivity contribution in [3.63, 3.8) is 0 Å². The molecule has 0 spiro atoms. The molecule has 0 saturated carbocycles. The molecular weight excluding hydrogens is 366 g/mol. The van der Waals surface area contributed by atoms with Gasteiger partial charge in [-0.05, 0) is 11.6 Å². The average molecular weight is 385 g/mol. The maximum absolute atomic E-state index is 11.8. The Balaban J connectivity index is 1.92. The molecule has 28 heavy (non-hydrogen) atoms. The second kappa shape index (κ2) is 10.4. The van der Waals surface area contributed by atoms with Crippen LogP contribution in [0.3, 0.4) is 0 Å². The smallest absolute Gasteiger partial charge is 0.373 e. The van der Waals surface area contributed by atoms with Crippen molar-refractivity contribution in [2.24, 2.45) is 0 Å². The molecule has 0 atom stereocenters. The SMILES string of the molecule is CC(=O)Nc1nc(N/C=C/C=C\COCc2ccccc2)c([N+](=O)[O-])c(=O)[nH]1. The summed E-state index contributed by atoms with van der Waals surface area (Å²) in [5.41, 5.74) is -0.672. The number of hydrogen-bond acceptors (Lipinski definition) is 7. The van der Waals surface area contributed by atoms with Gasteiger partial charge in [0.1, 0.15) is 0 Å². The summed E-state index contributed by atoms with van der Waals surface area (Å²) >= 11 is 0. The Morgan fingerprint density at radius 2 is 2.07 bits per heavy atom. The minimum Gasteiger partial charge on any atom is -0.373 e. The van der Waals surface area contributed by atoms with E-state index in [2.05, 4.69) is 20.6 Å². The number of aromatic amines is 1. The van der Waals surface area contributed by atoms with Gasteiger partial charge in [0.2, 0.25) is 17.7 Å². The van der Waals surface area contributed by atoms with E-state index in [4.69, 9.17) is 4.74 Å². The summed E-state index contributed by atoms with van der Waals surface area (Å²) in [6.07, 6.45) is 6.37. The molecule has 3 N–H and O–H groups in total. The van der Waals surface area contributed by atoms with Crippen molar-refractivity contribution >= 4 is 23.4 Å². The van der Waals surface area contributed by atoms with Gasteiger partial charge in [-0.3, -0.25) is 30.0 Å². The highest BCUT2D eigenvalue weighted by molar-refractivity contribution is 5.87. The van der Waals surface area contributed by atoms with Gasteiger partial charge in [0.25, 0.3) is 0 Å². The highest BCUT2D eigenvalue weighted by atomic mass is 16.6. The van der Waals surface area contributed by atoms with Gasteiger partial charge in [-0.2, -0.15) is 4.98 Å². The number of amides is 1. The first-order valence-electron chi connectivity index (χ1n) is 8.23. The average Bonchev–Trinajstić information content (AvgIpc) is 2.63. The highest BCUT2D eigenvalue weighted by Gasteiger charge is 2.22. The third-order valence-corrected chi connectivity index (χ3v) is 3.26. The zero-order valence-electron chi connectivity index (χ0n) is 15.0. The molecule has 10 nitrogen and oxygen atoms in total. The zero-order valence-corrected chi connectivity index (χ0v) is 15.0. The van der Waals surface area contributed by atoms with Crippen LogP contribution < -0.4 is 16.2 Å². The molecule has 0 radical (unpaired) electrons. The van der Waals surface area contributed by atoms with Crippen LogP contribution in [0.15, 0.2) is 59.6 Å². The first-order valence-corrected chi connectivity index (χ1v) is 8.23.